The Kier molecular flexibility index (Phi) is 8.22. The summed E-state index contributed by atoms with van der Waals surface area (Å²) in [6.07, 6.45) is 0.966. The van der Waals surface area contributed by atoms with Crippen LogP contribution >= 0.6 is 11.9 Å². The van der Waals surface area contributed by atoms with Gasteiger partial charge in [0.25, 0.3) is 0 Å². The highest BCUT2D eigenvalue weighted by Crippen LogP contribution is 2.33. The summed E-state index contributed by atoms with van der Waals surface area (Å²) in [7, 11) is 0. The summed E-state index contributed by atoms with van der Waals surface area (Å²) in [5.74, 6) is -0.127. The predicted molar refractivity (Wildman–Crippen MR) is 148 cm³/mol. The number of aryl methyl sites for hydroxylation is 1. The molecule has 36 heavy (non-hydrogen) atoms. The number of hydrogen-bond acceptors (Lipinski definition) is 5. The van der Waals surface area contributed by atoms with E-state index in [4.69, 9.17) is 9.15 Å². The molecular weight excluding hydrogens is 466 g/mol. The first-order valence-electron chi connectivity index (χ1n) is 12.5. The number of carbonyl (C=O) groups is 1. The van der Waals surface area contributed by atoms with Crippen molar-refractivity contribution >= 4 is 28.9 Å². The molecule has 0 aliphatic carbocycles. The maximum absolute atomic E-state index is 12.3. The van der Waals surface area contributed by atoms with Gasteiger partial charge in [-0.05, 0) is 72.5 Å². The lowest BCUT2D eigenvalue weighted by molar-refractivity contribution is 0.0491. The molecule has 0 amide bonds. The Morgan fingerprint density at radius 1 is 0.972 bits per heavy atom. The molecule has 0 aliphatic rings. The Hall–Kier alpha value is -3.02. The third-order valence-electron chi connectivity index (χ3n) is 6.27. The maximum atomic E-state index is 12.3. The molecule has 0 unspecified atom stereocenters. The smallest absolute Gasteiger partial charge is 0.374 e. The lowest BCUT2D eigenvalue weighted by atomic mass is 9.87. The van der Waals surface area contributed by atoms with Crippen molar-refractivity contribution in [2.24, 2.45) is 0 Å². The van der Waals surface area contributed by atoms with Crippen LogP contribution in [0.4, 0.5) is 0 Å². The Labute approximate surface area is 218 Å². The van der Waals surface area contributed by atoms with Crippen LogP contribution in [0.1, 0.15) is 60.5 Å². The van der Waals surface area contributed by atoms with Crippen LogP contribution in [0.25, 0.3) is 11.0 Å². The molecule has 1 heterocycles. The number of nitrogens with zero attached hydrogens (tertiary/aromatic N) is 1. The number of hydrogen-bond donors (Lipinski definition) is 0. The van der Waals surface area contributed by atoms with E-state index < -0.39 is 5.97 Å². The minimum atomic E-state index is -0.413. The van der Waals surface area contributed by atoms with Gasteiger partial charge in [0.15, 0.2) is 0 Å². The van der Waals surface area contributed by atoms with Crippen LogP contribution in [-0.2, 0) is 23.1 Å². The Morgan fingerprint density at radius 3 is 2.36 bits per heavy atom. The van der Waals surface area contributed by atoms with Gasteiger partial charge in [-0.3, -0.25) is 0 Å². The van der Waals surface area contributed by atoms with Crippen LogP contribution in [0.3, 0.4) is 0 Å². The number of benzene rings is 3. The van der Waals surface area contributed by atoms with Gasteiger partial charge in [0.1, 0.15) is 5.58 Å². The Balaban J connectivity index is 1.56. The average molecular weight is 502 g/mol. The minimum Gasteiger partial charge on any atom is -0.460 e. The first-order chi connectivity index (χ1) is 17.2. The van der Waals surface area contributed by atoms with Crippen LogP contribution < -0.4 is 0 Å². The highest BCUT2D eigenvalue weighted by molar-refractivity contribution is 7.97. The summed E-state index contributed by atoms with van der Waals surface area (Å²) in [6, 6.07) is 25.7. The zero-order valence-electron chi connectivity index (χ0n) is 21.8. The summed E-state index contributed by atoms with van der Waals surface area (Å²) in [6.45, 7) is 12.5. The topological polar surface area (TPSA) is 42.7 Å². The summed E-state index contributed by atoms with van der Waals surface area (Å²) >= 11 is 1.74. The van der Waals surface area contributed by atoms with Crippen molar-refractivity contribution in [1.29, 1.82) is 0 Å². The molecule has 3 aromatic carbocycles. The highest BCUT2D eigenvalue weighted by atomic mass is 32.2. The molecule has 4 nitrogen and oxygen atoms in total. The normalized spacial score (nSPS) is 11.8. The van der Waals surface area contributed by atoms with Crippen molar-refractivity contribution in [3.63, 3.8) is 0 Å². The molecule has 0 spiro atoms. The summed E-state index contributed by atoms with van der Waals surface area (Å²) in [5.41, 5.74) is 5.61. The zero-order chi connectivity index (χ0) is 25.7. The van der Waals surface area contributed by atoms with Gasteiger partial charge in [-0.1, -0.05) is 75.4 Å². The van der Waals surface area contributed by atoms with Crippen molar-refractivity contribution in [1.82, 2.24) is 4.31 Å². The predicted octanol–water partition coefficient (Wildman–Crippen LogP) is 7.97. The third-order valence-corrected chi connectivity index (χ3v) is 7.31. The molecule has 0 saturated carbocycles. The Morgan fingerprint density at radius 2 is 1.69 bits per heavy atom. The van der Waals surface area contributed by atoms with Crippen molar-refractivity contribution in [2.75, 3.05) is 13.2 Å². The number of carbonyl (C=O) groups excluding carboxylic acids is 1. The fourth-order valence-electron chi connectivity index (χ4n) is 4.17. The fraction of sp³-hybridized carbons (Fsp3) is 0.323. The van der Waals surface area contributed by atoms with E-state index in [0.29, 0.717) is 12.2 Å². The van der Waals surface area contributed by atoms with Gasteiger partial charge in [-0.15, -0.1) is 0 Å². The van der Waals surface area contributed by atoms with Gasteiger partial charge in [0, 0.05) is 28.9 Å². The second kappa shape index (κ2) is 11.4. The van der Waals surface area contributed by atoms with Gasteiger partial charge in [0.2, 0.25) is 5.76 Å². The molecule has 0 fully saturated rings. The second-order valence-corrected chi connectivity index (χ2v) is 11.2. The lowest BCUT2D eigenvalue weighted by Crippen LogP contribution is -2.19. The molecule has 4 aromatic rings. The number of rotatable bonds is 9. The minimum absolute atomic E-state index is 0.139. The van der Waals surface area contributed by atoms with Crippen LogP contribution in [0, 0.1) is 6.92 Å². The van der Waals surface area contributed by atoms with Crippen molar-refractivity contribution in [3.05, 3.63) is 101 Å². The van der Waals surface area contributed by atoms with Gasteiger partial charge in [-0.2, -0.15) is 0 Å². The quantitative estimate of drug-likeness (QED) is 0.172. The highest BCUT2D eigenvalue weighted by Gasteiger charge is 2.20. The Bertz CT molecular complexity index is 1300. The van der Waals surface area contributed by atoms with Gasteiger partial charge < -0.3 is 9.15 Å². The molecule has 0 radical (unpaired) electrons. The summed E-state index contributed by atoms with van der Waals surface area (Å²) in [5, 5.41) is 0.945. The largest absolute Gasteiger partial charge is 0.460 e. The molecule has 0 saturated heterocycles. The van der Waals surface area contributed by atoms with Crippen LogP contribution in [0.15, 0.2) is 82.1 Å². The SMILES string of the molecule is CCOC(=O)c1oc2ccc(SN(CCc3ccccc3)Cc3ccc(C(C)(C)C)cc3)cc2c1C. The third kappa shape index (κ3) is 6.40. The average Bonchev–Trinajstić information content (AvgIpc) is 3.19. The van der Waals surface area contributed by atoms with Crippen LogP contribution in [0.2, 0.25) is 0 Å². The maximum Gasteiger partial charge on any atom is 0.374 e. The van der Waals surface area contributed by atoms with E-state index in [1.54, 1.807) is 18.9 Å². The van der Waals surface area contributed by atoms with E-state index in [-0.39, 0.29) is 11.2 Å². The van der Waals surface area contributed by atoms with E-state index >= 15 is 0 Å². The molecule has 1 aromatic heterocycles. The van der Waals surface area contributed by atoms with Crippen molar-refractivity contribution in [3.8, 4) is 0 Å². The van der Waals surface area contributed by atoms with E-state index in [1.807, 2.05) is 13.0 Å². The molecule has 0 aliphatic heterocycles. The van der Waals surface area contributed by atoms with E-state index in [0.717, 1.165) is 35.4 Å². The van der Waals surface area contributed by atoms with Crippen molar-refractivity contribution < 1.29 is 13.9 Å². The van der Waals surface area contributed by atoms with E-state index in [9.17, 15) is 4.79 Å². The number of esters is 1. The van der Waals surface area contributed by atoms with E-state index in [1.165, 1.54) is 16.7 Å². The summed E-state index contributed by atoms with van der Waals surface area (Å²) < 4.78 is 13.4. The van der Waals surface area contributed by atoms with Gasteiger partial charge in [-0.25, -0.2) is 9.10 Å². The van der Waals surface area contributed by atoms with E-state index in [2.05, 4.69) is 91.8 Å². The monoisotopic (exact) mass is 501 g/mol. The molecule has 188 valence electrons. The summed E-state index contributed by atoms with van der Waals surface area (Å²) in [4.78, 5) is 13.4. The molecule has 0 atom stereocenters. The van der Waals surface area contributed by atoms with Gasteiger partial charge >= 0.3 is 5.97 Å². The number of fused-ring (bicyclic) bond motifs is 1. The number of ether oxygens (including phenoxy) is 1. The fourth-order valence-corrected chi connectivity index (χ4v) is 5.16. The first-order valence-corrected chi connectivity index (χ1v) is 13.3. The van der Waals surface area contributed by atoms with Crippen LogP contribution in [-0.4, -0.2) is 23.4 Å². The molecule has 4 rings (SSSR count). The standard InChI is InChI=1S/C31H35NO3S/c1-6-34-30(33)29-22(2)27-20-26(16-17-28(27)35-29)36-32(19-18-23-10-8-7-9-11-23)21-24-12-14-25(15-13-24)31(3,4)5/h7-17,20H,6,18-19,21H2,1-5H3. The second-order valence-electron chi connectivity index (χ2n) is 10.1. The van der Waals surface area contributed by atoms with Crippen LogP contribution in [0.5, 0.6) is 0 Å². The molecular formula is C31H35NO3S. The number of furan rings is 1. The zero-order valence-corrected chi connectivity index (χ0v) is 22.7. The first kappa shape index (κ1) is 26.1. The molecule has 0 bridgehead atoms. The van der Waals surface area contributed by atoms with Gasteiger partial charge in [0.05, 0.1) is 6.61 Å². The lowest BCUT2D eigenvalue weighted by Gasteiger charge is -2.23. The van der Waals surface area contributed by atoms with Crippen molar-refractivity contribution in [2.45, 2.75) is 57.9 Å². The molecule has 0 N–H and O–H groups in total. The molecule has 5 heteroatoms.